The van der Waals surface area contributed by atoms with E-state index in [1.807, 2.05) is 30.3 Å². The molecule has 0 aliphatic carbocycles. The highest BCUT2D eigenvalue weighted by Crippen LogP contribution is 2.48. The number of carbonyl (C=O) groups is 2. The number of anilines is 1. The van der Waals surface area contributed by atoms with Crippen molar-refractivity contribution in [2.24, 2.45) is 5.92 Å². The third kappa shape index (κ3) is 3.79. The van der Waals surface area contributed by atoms with E-state index in [-0.39, 0.29) is 29.7 Å². The first kappa shape index (κ1) is 21.3. The zero-order chi connectivity index (χ0) is 22.9. The van der Waals surface area contributed by atoms with Gasteiger partial charge >= 0.3 is 5.97 Å². The Bertz CT molecular complexity index is 1150. The van der Waals surface area contributed by atoms with E-state index in [4.69, 9.17) is 4.74 Å². The van der Waals surface area contributed by atoms with E-state index in [0.717, 1.165) is 11.1 Å². The molecule has 6 nitrogen and oxygen atoms in total. The fourth-order valence-electron chi connectivity index (χ4n) is 4.87. The highest BCUT2D eigenvalue weighted by Gasteiger charge is 2.55. The lowest BCUT2D eigenvalue weighted by atomic mass is 9.83. The minimum Gasteiger partial charge on any atom is -0.462 e. The number of hydrogen-bond donors (Lipinski definition) is 2. The molecule has 3 aromatic carbocycles. The highest BCUT2D eigenvalue weighted by atomic mass is 19.1. The van der Waals surface area contributed by atoms with Crippen LogP contribution in [0.1, 0.15) is 40.5 Å². The lowest BCUT2D eigenvalue weighted by Gasteiger charge is -2.31. The summed E-state index contributed by atoms with van der Waals surface area (Å²) in [6.45, 7) is 2.05. The minimum atomic E-state index is -0.449. The summed E-state index contributed by atoms with van der Waals surface area (Å²) in [4.78, 5) is 27.4. The molecule has 0 bridgehead atoms. The Morgan fingerprint density at radius 2 is 1.58 bits per heavy atom. The van der Waals surface area contributed by atoms with Gasteiger partial charge in [0.2, 0.25) is 5.91 Å². The van der Waals surface area contributed by atoms with Crippen LogP contribution in [0, 0.1) is 11.7 Å². The summed E-state index contributed by atoms with van der Waals surface area (Å²) in [5, 5.41) is 0. The maximum Gasteiger partial charge on any atom is 0.338 e. The molecule has 0 radical (unpaired) electrons. The molecule has 2 saturated heterocycles. The molecule has 2 fully saturated rings. The van der Waals surface area contributed by atoms with E-state index in [9.17, 15) is 14.0 Å². The second-order valence-corrected chi connectivity index (χ2v) is 8.20. The lowest BCUT2D eigenvalue weighted by Crippen LogP contribution is -2.41. The molecule has 0 spiro atoms. The first-order chi connectivity index (χ1) is 16.1. The van der Waals surface area contributed by atoms with Gasteiger partial charge < -0.3 is 9.64 Å². The average molecular weight is 445 g/mol. The van der Waals surface area contributed by atoms with Crippen LogP contribution >= 0.6 is 0 Å². The van der Waals surface area contributed by atoms with Crippen LogP contribution in [-0.4, -0.2) is 24.5 Å². The highest BCUT2D eigenvalue weighted by molar-refractivity contribution is 6.02. The van der Waals surface area contributed by atoms with Crippen LogP contribution in [0.25, 0.3) is 0 Å². The molecule has 33 heavy (non-hydrogen) atoms. The van der Waals surface area contributed by atoms with Crippen molar-refractivity contribution < 1.29 is 18.7 Å². The number of halogens is 1. The average Bonchev–Trinajstić information content (AvgIpc) is 3.39. The molecular formula is C26H24FN3O3. The Kier molecular flexibility index (Phi) is 5.66. The summed E-state index contributed by atoms with van der Waals surface area (Å²) in [6.07, 6.45) is 0. The molecular weight excluding hydrogens is 421 g/mol. The second kappa shape index (κ2) is 8.77. The lowest BCUT2D eigenvalue weighted by molar-refractivity contribution is -0.119. The first-order valence-electron chi connectivity index (χ1n) is 11.0. The molecule has 168 valence electrons. The summed E-state index contributed by atoms with van der Waals surface area (Å²) >= 11 is 0. The van der Waals surface area contributed by atoms with Crippen LogP contribution in [0.2, 0.25) is 0 Å². The quantitative estimate of drug-likeness (QED) is 0.583. The van der Waals surface area contributed by atoms with E-state index < -0.39 is 12.0 Å². The molecule has 1 amide bonds. The summed E-state index contributed by atoms with van der Waals surface area (Å²) in [7, 11) is 0. The predicted octanol–water partition coefficient (Wildman–Crippen LogP) is 3.92. The van der Waals surface area contributed by atoms with E-state index in [2.05, 4.69) is 10.9 Å². The Hall–Kier alpha value is -3.55. The van der Waals surface area contributed by atoms with Crippen molar-refractivity contribution >= 4 is 17.6 Å². The molecule has 2 heterocycles. The van der Waals surface area contributed by atoms with Gasteiger partial charge in [0, 0.05) is 11.6 Å². The van der Waals surface area contributed by atoms with Crippen molar-refractivity contribution in [1.29, 1.82) is 0 Å². The van der Waals surface area contributed by atoms with Crippen LogP contribution < -0.4 is 15.8 Å². The molecule has 2 aliphatic heterocycles. The van der Waals surface area contributed by atoms with E-state index in [1.54, 1.807) is 48.2 Å². The number of carbonyl (C=O) groups excluding carboxylic acids is 2. The first-order valence-corrected chi connectivity index (χ1v) is 11.0. The summed E-state index contributed by atoms with van der Waals surface area (Å²) in [5.41, 5.74) is 9.49. The van der Waals surface area contributed by atoms with E-state index in [1.165, 1.54) is 12.1 Å². The number of esters is 1. The van der Waals surface area contributed by atoms with Crippen molar-refractivity contribution in [3.05, 3.63) is 101 Å². The summed E-state index contributed by atoms with van der Waals surface area (Å²) in [6, 6.07) is 22.2. The monoisotopic (exact) mass is 445 g/mol. The number of benzene rings is 3. The zero-order valence-corrected chi connectivity index (χ0v) is 18.1. The van der Waals surface area contributed by atoms with E-state index in [0.29, 0.717) is 17.9 Å². The fraction of sp³-hybridized carbons (Fsp3) is 0.231. The number of ether oxygens (including phenoxy) is 1. The molecule has 2 N–H and O–H groups in total. The molecule has 2 aliphatic rings. The molecule has 4 atom stereocenters. The fourth-order valence-corrected chi connectivity index (χ4v) is 4.87. The largest absolute Gasteiger partial charge is 0.462 e. The van der Waals surface area contributed by atoms with Gasteiger partial charge in [-0.2, -0.15) is 0 Å². The molecule has 0 aromatic heterocycles. The van der Waals surface area contributed by atoms with Gasteiger partial charge in [-0.05, 0) is 54.4 Å². The van der Waals surface area contributed by atoms with Gasteiger partial charge in [0.15, 0.2) is 0 Å². The van der Waals surface area contributed by atoms with Crippen LogP contribution in [0.5, 0.6) is 0 Å². The zero-order valence-electron chi connectivity index (χ0n) is 18.1. The number of amides is 1. The molecule has 7 heteroatoms. The van der Waals surface area contributed by atoms with Gasteiger partial charge in [-0.15, -0.1) is 0 Å². The predicted molar refractivity (Wildman–Crippen MR) is 122 cm³/mol. The number of hydrogen-bond acceptors (Lipinski definition) is 5. The number of nitrogens with zero attached hydrogens (tertiary/aromatic N) is 1. The van der Waals surface area contributed by atoms with Crippen LogP contribution in [0.4, 0.5) is 10.1 Å². The second-order valence-electron chi connectivity index (χ2n) is 8.20. The third-order valence-corrected chi connectivity index (χ3v) is 6.34. The van der Waals surface area contributed by atoms with Crippen LogP contribution in [0.3, 0.4) is 0 Å². The van der Waals surface area contributed by atoms with Gasteiger partial charge in [0.1, 0.15) is 11.9 Å². The molecule has 4 unspecified atom stereocenters. The van der Waals surface area contributed by atoms with Gasteiger partial charge in [-0.25, -0.2) is 20.0 Å². The van der Waals surface area contributed by atoms with Gasteiger partial charge in [0.25, 0.3) is 0 Å². The Morgan fingerprint density at radius 1 is 0.909 bits per heavy atom. The maximum absolute atomic E-state index is 13.7. The standard InChI is InChI=1S/C26H24FN3O3/c1-2-33-26(32)18-10-14-20(15-11-18)30-24(17-8-12-19(27)13-9-17)21-22(16-6-4-3-5-7-16)28-29-23(21)25(30)31/h3-15,21-24,28-29H,2H2,1H3. The van der Waals surface area contributed by atoms with Gasteiger partial charge in [-0.3, -0.25) is 4.79 Å². The Morgan fingerprint density at radius 3 is 2.24 bits per heavy atom. The third-order valence-electron chi connectivity index (χ3n) is 6.34. The molecule has 5 rings (SSSR count). The van der Waals surface area contributed by atoms with Crippen molar-refractivity contribution in [1.82, 2.24) is 10.9 Å². The van der Waals surface area contributed by atoms with Crippen molar-refractivity contribution in [3.8, 4) is 0 Å². The van der Waals surface area contributed by atoms with Crippen LogP contribution in [0.15, 0.2) is 78.9 Å². The molecule has 3 aromatic rings. The van der Waals surface area contributed by atoms with Crippen molar-refractivity contribution in [3.63, 3.8) is 0 Å². The van der Waals surface area contributed by atoms with Gasteiger partial charge in [0.05, 0.1) is 24.3 Å². The smallest absolute Gasteiger partial charge is 0.338 e. The topological polar surface area (TPSA) is 70.7 Å². The Labute approximate surface area is 191 Å². The van der Waals surface area contributed by atoms with Gasteiger partial charge in [-0.1, -0.05) is 42.5 Å². The normalized spacial score (nSPS) is 24.1. The minimum absolute atomic E-state index is 0.0795. The van der Waals surface area contributed by atoms with Crippen LogP contribution in [-0.2, 0) is 9.53 Å². The maximum atomic E-state index is 13.7. The summed E-state index contributed by atoms with van der Waals surface area (Å²) < 4.78 is 18.8. The van der Waals surface area contributed by atoms with Crippen molar-refractivity contribution in [2.75, 3.05) is 11.5 Å². The molecule has 0 saturated carbocycles. The number of hydrazine groups is 1. The SMILES string of the molecule is CCOC(=O)c1ccc(N2C(=O)C3NNC(c4ccccc4)C3C2c2ccc(F)cc2)cc1. The summed E-state index contributed by atoms with van der Waals surface area (Å²) in [5.74, 6) is -0.940. The number of rotatable bonds is 5. The van der Waals surface area contributed by atoms with Crippen molar-refractivity contribution in [2.45, 2.75) is 25.0 Å². The van der Waals surface area contributed by atoms with E-state index >= 15 is 0 Å². The number of nitrogens with one attached hydrogen (secondary N) is 2. The number of fused-ring (bicyclic) bond motifs is 1. The Balaban J connectivity index is 1.56.